The van der Waals surface area contributed by atoms with Crippen LogP contribution in [0.4, 0.5) is 5.95 Å². The summed E-state index contributed by atoms with van der Waals surface area (Å²) in [5.41, 5.74) is 8.83. The van der Waals surface area contributed by atoms with Crippen LogP contribution in [0.2, 0.25) is 0 Å². The largest absolute Gasteiger partial charge is 0.369 e. The van der Waals surface area contributed by atoms with Gasteiger partial charge in [0.2, 0.25) is 5.95 Å². The Labute approximate surface area is 108 Å². The Hall–Kier alpha value is -1.58. The van der Waals surface area contributed by atoms with Crippen molar-refractivity contribution in [3.63, 3.8) is 0 Å². The van der Waals surface area contributed by atoms with E-state index in [-0.39, 0.29) is 0 Å². The summed E-state index contributed by atoms with van der Waals surface area (Å²) in [4.78, 5) is 8.95. The molecule has 0 radical (unpaired) electrons. The molecule has 0 saturated carbocycles. The summed E-state index contributed by atoms with van der Waals surface area (Å²) in [6.45, 7) is 6.41. The molecule has 0 aliphatic heterocycles. The molecule has 0 aliphatic carbocycles. The molecule has 18 heavy (non-hydrogen) atoms. The number of unbranched alkanes of at least 4 members (excludes halogenated alkanes) is 2. The van der Waals surface area contributed by atoms with Crippen molar-refractivity contribution in [2.45, 2.75) is 52.5 Å². The number of aromatic nitrogens is 3. The van der Waals surface area contributed by atoms with Gasteiger partial charge in [-0.1, -0.05) is 26.2 Å². The lowest BCUT2D eigenvalue weighted by atomic mass is 10.1. The van der Waals surface area contributed by atoms with Crippen LogP contribution in [-0.2, 0) is 0 Å². The average Bonchev–Trinajstić information content (AvgIpc) is 2.64. The van der Waals surface area contributed by atoms with Crippen LogP contribution in [0, 0.1) is 6.92 Å². The van der Waals surface area contributed by atoms with Crippen molar-refractivity contribution in [3.05, 3.63) is 17.8 Å². The van der Waals surface area contributed by atoms with Crippen LogP contribution >= 0.6 is 0 Å². The van der Waals surface area contributed by atoms with E-state index in [0.717, 1.165) is 23.3 Å². The number of aryl methyl sites for hydroxylation is 1. The zero-order valence-electron chi connectivity index (χ0n) is 11.5. The van der Waals surface area contributed by atoms with Crippen molar-refractivity contribution < 1.29 is 0 Å². The van der Waals surface area contributed by atoms with Gasteiger partial charge >= 0.3 is 0 Å². The molecule has 4 heteroatoms. The fourth-order valence-corrected chi connectivity index (χ4v) is 2.34. The molecule has 2 N–H and O–H groups in total. The lowest BCUT2D eigenvalue weighted by molar-refractivity contribution is 0.490. The zero-order chi connectivity index (χ0) is 13.1. The molecule has 0 saturated heterocycles. The second kappa shape index (κ2) is 5.38. The molecule has 0 aromatic carbocycles. The first kappa shape index (κ1) is 12.9. The maximum absolute atomic E-state index is 6.02. The number of nitrogen functional groups attached to an aromatic ring is 1. The summed E-state index contributed by atoms with van der Waals surface area (Å²) >= 11 is 0. The second-order valence-corrected chi connectivity index (χ2v) is 4.98. The maximum Gasteiger partial charge on any atom is 0.202 e. The zero-order valence-corrected chi connectivity index (χ0v) is 11.5. The summed E-state index contributed by atoms with van der Waals surface area (Å²) in [6.07, 6.45) is 4.86. The van der Waals surface area contributed by atoms with Crippen molar-refractivity contribution in [1.82, 2.24) is 14.5 Å². The molecule has 98 valence electrons. The van der Waals surface area contributed by atoms with E-state index in [1.807, 2.05) is 19.1 Å². The molecule has 1 atom stereocenters. The Morgan fingerprint density at radius 3 is 2.78 bits per heavy atom. The predicted molar refractivity (Wildman–Crippen MR) is 75.5 cm³/mol. The van der Waals surface area contributed by atoms with Gasteiger partial charge in [-0.2, -0.15) is 0 Å². The second-order valence-electron chi connectivity index (χ2n) is 4.98. The number of rotatable bonds is 5. The monoisotopic (exact) mass is 246 g/mol. The van der Waals surface area contributed by atoms with Gasteiger partial charge in [0, 0.05) is 11.7 Å². The van der Waals surface area contributed by atoms with Crippen molar-refractivity contribution in [3.8, 4) is 0 Å². The van der Waals surface area contributed by atoms with Gasteiger partial charge in [-0.3, -0.25) is 4.57 Å². The Morgan fingerprint density at radius 2 is 2.06 bits per heavy atom. The smallest absolute Gasteiger partial charge is 0.202 e. The summed E-state index contributed by atoms with van der Waals surface area (Å²) in [6, 6.07) is 4.32. The summed E-state index contributed by atoms with van der Waals surface area (Å²) in [7, 11) is 0. The number of fused-ring (bicyclic) bond motifs is 1. The fourth-order valence-electron chi connectivity index (χ4n) is 2.34. The summed E-state index contributed by atoms with van der Waals surface area (Å²) < 4.78 is 2.07. The lowest BCUT2D eigenvalue weighted by Gasteiger charge is -2.15. The van der Waals surface area contributed by atoms with Gasteiger partial charge in [-0.15, -0.1) is 0 Å². The van der Waals surface area contributed by atoms with E-state index in [4.69, 9.17) is 5.73 Å². The van der Waals surface area contributed by atoms with Crippen LogP contribution in [0.3, 0.4) is 0 Å². The topological polar surface area (TPSA) is 56.7 Å². The first-order valence-electron chi connectivity index (χ1n) is 6.74. The van der Waals surface area contributed by atoms with E-state index < -0.39 is 0 Å². The van der Waals surface area contributed by atoms with Crippen LogP contribution in [0.15, 0.2) is 12.1 Å². The van der Waals surface area contributed by atoms with Gasteiger partial charge in [0.15, 0.2) is 5.65 Å². The molecule has 0 fully saturated rings. The summed E-state index contributed by atoms with van der Waals surface area (Å²) in [5.74, 6) is 0.576. The molecular formula is C14H22N4. The number of nitrogens with zero attached hydrogens (tertiary/aromatic N) is 3. The van der Waals surface area contributed by atoms with Crippen LogP contribution in [-0.4, -0.2) is 14.5 Å². The Kier molecular flexibility index (Phi) is 3.84. The minimum atomic E-state index is 0.357. The molecule has 0 amide bonds. The number of pyridine rings is 1. The number of anilines is 1. The fraction of sp³-hybridized carbons (Fsp3) is 0.571. The van der Waals surface area contributed by atoms with Crippen molar-refractivity contribution in [2.24, 2.45) is 0 Å². The Morgan fingerprint density at radius 1 is 1.28 bits per heavy atom. The van der Waals surface area contributed by atoms with Crippen LogP contribution < -0.4 is 5.73 Å². The van der Waals surface area contributed by atoms with Crippen molar-refractivity contribution >= 4 is 17.1 Å². The van der Waals surface area contributed by atoms with Crippen LogP contribution in [0.25, 0.3) is 11.2 Å². The molecule has 2 rings (SSSR count). The van der Waals surface area contributed by atoms with E-state index in [9.17, 15) is 0 Å². The first-order chi connectivity index (χ1) is 8.63. The number of nitrogens with two attached hydrogens (primary N) is 1. The van der Waals surface area contributed by atoms with Crippen LogP contribution in [0.1, 0.15) is 51.3 Å². The van der Waals surface area contributed by atoms with E-state index in [1.54, 1.807) is 0 Å². The molecule has 2 heterocycles. The van der Waals surface area contributed by atoms with Gasteiger partial charge in [-0.25, -0.2) is 9.97 Å². The number of hydrogen-bond donors (Lipinski definition) is 1. The standard InChI is InChI=1S/C14H22N4/c1-4-5-6-7-11(3)18-13-12(17-14(18)15)9-8-10(2)16-13/h8-9,11H,4-7H2,1-3H3,(H2,15,17). The molecule has 0 bridgehead atoms. The molecule has 4 nitrogen and oxygen atoms in total. The van der Waals surface area contributed by atoms with Crippen molar-refractivity contribution in [1.29, 1.82) is 0 Å². The third kappa shape index (κ3) is 2.47. The van der Waals surface area contributed by atoms with Crippen molar-refractivity contribution in [2.75, 3.05) is 5.73 Å². The van der Waals surface area contributed by atoms with E-state index in [2.05, 4.69) is 28.4 Å². The third-order valence-electron chi connectivity index (χ3n) is 3.37. The highest BCUT2D eigenvalue weighted by Gasteiger charge is 2.14. The Balaban J connectivity index is 2.30. The van der Waals surface area contributed by atoms with Gasteiger partial charge in [0.1, 0.15) is 5.52 Å². The normalized spacial score (nSPS) is 13.1. The Bertz CT molecular complexity index is 530. The number of imidazole rings is 1. The van der Waals surface area contributed by atoms with Gasteiger partial charge in [-0.05, 0) is 32.4 Å². The quantitative estimate of drug-likeness (QED) is 0.822. The summed E-state index contributed by atoms with van der Waals surface area (Å²) in [5, 5.41) is 0. The highest BCUT2D eigenvalue weighted by molar-refractivity contribution is 5.74. The molecular weight excluding hydrogens is 224 g/mol. The molecule has 0 spiro atoms. The third-order valence-corrected chi connectivity index (χ3v) is 3.37. The average molecular weight is 246 g/mol. The highest BCUT2D eigenvalue weighted by Crippen LogP contribution is 2.24. The minimum absolute atomic E-state index is 0.357. The molecule has 2 aromatic rings. The minimum Gasteiger partial charge on any atom is -0.369 e. The van der Waals surface area contributed by atoms with Gasteiger partial charge in [0.25, 0.3) is 0 Å². The van der Waals surface area contributed by atoms with Crippen LogP contribution in [0.5, 0.6) is 0 Å². The van der Waals surface area contributed by atoms with E-state index in [1.165, 1.54) is 19.3 Å². The number of hydrogen-bond acceptors (Lipinski definition) is 3. The molecule has 0 aliphatic rings. The lowest BCUT2D eigenvalue weighted by Crippen LogP contribution is -2.09. The van der Waals surface area contributed by atoms with Gasteiger partial charge in [0.05, 0.1) is 0 Å². The van der Waals surface area contributed by atoms with E-state index >= 15 is 0 Å². The maximum atomic E-state index is 6.02. The molecule has 1 unspecified atom stereocenters. The van der Waals surface area contributed by atoms with Gasteiger partial charge < -0.3 is 5.73 Å². The first-order valence-corrected chi connectivity index (χ1v) is 6.74. The van der Waals surface area contributed by atoms with E-state index in [0.29, 0.717) is 12.0 Å². The predicted octanol–water partition coefficient (Wildman–Crippen LogP) is 3.46. The molecule has 2 aromatic heterocycles. The SMILES string of the molecule is CCCCCC(C)n1c(N)nc2ccc(C)nc21. The highest BCUT2D eigenvalue weighted by atomic mass is 15.2.